The summed E-state index contributed by atoms with van der Waals surface area (Å²) < 4.78 is 0. The number of hydrogen-bond acceptors (Lipinski definition) is 3. The quantitative estimate of drug-likeness (QED) is 0.828. The maximum atomic E-state index is 11.1. The lowest BCUT2D eigenvalue weighted by atomic mass is 9.77. The molecule has 0 bridgehead atoms. The van der Waals surface area contributed by atoms with Crippen LogP contribution in [0.5, 0.6) is 0 Å². The van der Waals surface area contributed by atoms with Crippen LogP contribution in [-0.2, 0) is 11.2 Å². The van der Waals surface area contributed by atoms with E-state index in [0.29, 0.717) is 18.9 Å². The van der Waals surface area contributed by atoms with Gasteiger partial charge in [-0.3, -0.25) is 4.79 Å². The van der Waals surface area contributed by atoms with Gasteiger partial charge in [0.25, 0.3) is 0 Å². The molecule has 1 aliphatic heterocycles. The van der Waals surface area contributed by atoms with Gasteiger partial charge in [-0.25, -0.2) is 0 Å². The van der Waals surface area contributed by atoms with Crippen LogP contribution in [0.4, 0.5) is 0 Å². The molecule has 1 aromatic rings. The van der Waals surface area contributed by atoms with Gasteiger partial charge in [0.15, 0.2) is 0 Å². The summed E-state index contributed by atoms with van der Waals surface area (Å²) in [6.45, 7) is 2.20. The molecule has 2 unspecified atom stereocenters. The number of carboxylic acids is 1. The Morgan fingerprint density at radius 2 is 2.28 bits per heavy atom. The first-order valence-electron chi connectivity index (χ1n) is 6.41. The van der Waals surface area contributed by atoms with E-state index in [1.165, 1.54) is 11.1 Å². The van der Waals surface area contributed by atoms with Crippen molar-refractivity contribution in [2.45, 2.75) is 24.3 Å². The first-order chi connectivity index (χ1) is 8.58. The maximum Gasteiger partial charge on any atom is 0.325 e. The Morgan fingerprint density at radius 1 is 1.50 bits per heavy atom. The minimum absolute atomic E-state index is 0.473. The summed E-state index contributed by atoms with van der Waals surface area (Å²) in [6.07, 6.45) is 1.66. The topological polar surface area (TPSA) is 66.6 Å². The van der Waals surface area contributed by atoms with Gasteiger partial charge in [0.2, 0.25) is 0 Å². The van der Waals surface area contributed by atoms with Crippen molar-refractivity contribution in [3.8, 4) is 0 Å². The van der Waals surface area contributed by atoms with Crippen molar-refractivity contribution in [1.82, 2.24) is 4.90 Å². The van der Waals surface area contributed by atoms with E-state index in [-0.39, 0.29) is 0 Å². The standard InChI is InChI=1S/C14H18N2O2/c15-14(13(17)18)5-6-16(9-14)8-11-7-10-3-1-2-4-12(10)11/h1-4,11H,5-9,15H2,(H,17,18). The zero-order valence-electron chi connectivity index (χ0n) is 10.3. The average Bonchev–Trinajstić information content (AvgIpc) is 2.70. The molecule has 0 amide bonds. The molecular weight excluding hydrogens is 228 g/mol. The van der Waals surface area contributed by atoms with E-state index in [0.717, 1.165) is 19.5 Å². The van der Waals surface area contributed by atoms with Crippen LogP contribution in [0, 0.1) is 0 Å². The fourth-order valence-corrected chi connectivity index (χ4v) is 3.08. The smallest absolute Gasteiger partial charge is 0.325 e. The highest BCUT2D eigenvalue weighted by molar-refractivity contribution is 5.79. The van der Waals surface area contributed by atoms with Crippen molar-refractivity contribution < 1.29 is 9.90 Å². The molecule has 2 aliphatic rings. The molecule has 96 valence electrons. The number of rotatable bonds is 3. The Balaban J connectivity index is 1.62. The lowest BCUT2D eigenvalue weighted by Crippen LogP contribution is -2.50. The number of carbonyl (C=O) groups is 1. The summed E-state index contributed by atoms with van der Waals surface area (Å²) in [7, 11) is 0. The van der Waals surface area contributed by atoms with Gasteiger partial charge in [0.1, 0.15) is 5.54 Å². The second kappa shape index (κ2) is 4.07. The Labute approximate surface area is 106 Å². The molecule has 1 fully saturated rings. The number of benzene rings is 1. The van der Waals surface area contributed by atoms with Crippen molar-refractivity contribution in [3.05, 3.63) is 35.4 Å². The highest BCUT2D eigenvalue weighted by atomic mass is 16.4. The van der Waals surface area contributed by atoms with E-state index < -0.39 is 11.5 Å². The molecule has 4 nitrogen and oxygen atoms in total. The third-order valence-corrected chi connectivity index (χ3v) is 4.25. The maximum absolute atomic E-state index is 11.1. The zero-order chi connectivity index (χ0) is 12.8. The molecule has 3 rings (SSSR count). The third-order valence-electron chi connectivity index (χ3n) is 4.25. The molecule has 0 radical (unpaired) electrons. The Hall–Kier alpha value is -1.39. The van der Waals surface area contributed by atoms with Crippen molar-refractivity contribution >= 4 is 5.97 Å². The molecule has 1 heterocycles. The monoisotopic (exact) mass is 246 g/mol. The van der Waals surface area contributed by atoms with Crippen LogP contribution < -0.4 is 5.73 Å². The van der Waals surface area contributed by atoms with Gasteiger partial charge in [0, 0.05) is 25.6 Å². The highest BCUT2D eigenvalue weighted by Crippen LogP contribution is 2.36. The number of nitrogens with two attached hydrogens (primary N) is 1. The number of aliphatic carboxylic acids is 1. The molecule has 0 saturated carbocycles. The number of nitrogens with zero attached hydrogens (tertiary/aromatic N) is 1. The van der Waals surface area contributed by atoms with E-state index >= 15 is 0 Å². The number of likely N-dealkylation sites (tertiary alicyclic amines) is 1. The predicted molar refractivity (Wildman–Crippen MR) is 68.5 cm³/mol. The number of fused-ring (bicyclic) bond motifs is 1. The normalized spacial score (nSPS) is 30.8. The SMILES string of the molecule is NC1(C(=O)O)CCN(CC2Cc3ccccc32)C1. The highest BCUT2D eigenvalue weighted by Gasteiger charge is 2.42. The summed E-state index contributed by atoms with van der Waals surface area (Å²) in [6, 6.07) is 8.48. The van der Waals surface area contributed by atoms with Gasteiger partial charge in [0.05, 0.1) is 0 Å². The van der Waals surface area contributed by atoms with E-state index in [2.05, 4.69) is 29.2 Å². The van der Waals surface area contributed by atoms with Crippen LogP contribution >= 0.6 is 0 Å². The van der Waals surface area contributed by atoms with Crippen LogP contribution in [0.15, 0.2) is 24.3 Å². The van der Waals surface area contributed by atoms with Gasteiger partial charge in [-0.15, -0.1) is 0 Å². The fourth-order valence-electron chi connectivity index (χ4n) is 3.08. The lowest BCUT2D eigenvalue weighted by Gasteiger charge is -2.33. The number of carboxylic acid groups (broad SMARTS) is 1. The van der Waals surface area contributed by atoms with Crippen molar-refractivity contribution in [1.29, 1.82) is 0 Å². The Kier molecular flexibility index (Phi) is 2.64. The van der Waals surface area contributed by atoms with Gasteiger partial charge in [-0.1, -0.05) is 24.3 Å². The van der Waals surface area contributed by atoms with Gasteiger partial charge >= 0.3 is 5.97 Å². The minimum Gasteiger partial charge on any atom is -0.480 e. The molecule has 1 saturated heterocycles. The molecular formula is C14H18N2O2. The lowest BCUT2D eigenvalue weighted by molar-refractivity contribution is -0.142. The first-order valence-corrected chi connectivity index (χ1v) is 6.41. The molecule has 2 atom stereocenters. The zero-order valence-corrected chi connectivity index (χ0v) is 10.3. The van der Waals surface area contributed by atoms with Crippen LogP contribution in [0.2, 0.25) is 0 Å². The second-order valence-corrected chi connectivity index (χ2v) is 5.55. The van der Waals surface area contributed by atoms with Crippen LogP contribution in [-0.4, -0.2) is 41.1 Å². The summed E-state index contributed by atoms with van der Waals surface area (Å²) in [5.41, 5.74) is 7.69. The van der Waals surface area contributed by atoms with Crippen molar-refractivity contribution in [3.63, 3.8) is 0 Å². The van der Waals surface area contributed by atoms with Crippen LogP contribution in [0.25, 0.3) is 0 Å². The molecule has 0 spiro atoms. The van der Waals surface area contributed by atoms with Crippen LogP contribution in [0.1, 0.15) is 23.5 Å². The van der Waals surface area contributed by atoms with E-state index in [1.54, 1.807) is 0 Å². The largest absolute Gasteiger partial charge is 0.480 e. The van der Waals surface area contributed by atoms with Gasteiger partial charge in [-0.2, -0.15) is 0 Å². The summed E-state index contributed by atoms with van der Waals surface area (Å²) in [5, 5.41) is 9.10. The average molecular weight is 246 g/mol. The fraction of sp³-hybridized carbons (Fsp3) is 0.500. The van der Waals surface area contributed by atoms with Gasteiger partial charge < -0.3 is 15.7 Å². The molecule has 1 aromatic carbocycles. The minimum atomic E-state index is -1.04. The summed E-state index contributed by atoms with van der Waals surface area (Å²) >= 11 is 0. The van der Waals surface area contributed by atoms with Crippen molar-refractivity contribution in [2.24, 2.45) is 5.73 Å². The van der Waals surface area contributed by atoms with Crippen molar-refractivity contribution in [2.75, 3.05) is 19.6 Å². The second-order valence-electron chi connectivity index (χ2n) is 5.55. The van der Waals surface area contributed by atoms with E-state index in [1.807, 2.05) is 0 Å². The first kappa shape index (κ1) is 11.7. The number of hydrogen-bond donors (Lipinski definition) is 2. The summed E-state index contributed by atoms with van der Waals surface area (Å²) in [5.74, 6) is -0.323. The van der Waals surface area contributed by atoms with E-state index in [9.17, 15) is 4.79 Å². The molecule has 0 aromatic heterocycles. The Bertz CT molecular complexity index is 488. The Morgan fingerprint density at radius 3 is 2.94 bits per heavy atom. The molecule has 1 aliphatic carbocycles. The van der Waals surface area contributed by atoms with Gasteiger partial charge in [-0.05, 0) is 24.0 Å². The third kappa shape index (κ3) is 1.82. The molecule has 3 N–H and O–H groups in total. The van der Waals surface area contributed by atoms with E-state index in [4.69, 9.17) is 10.8 Å². The molecule has 4 heteroatoms. The predicted octanol–water partition coefficient (Wildman–Crippen LogP) is 0.814. The van der Waals surface area contributed by atoms with Crippen LogP contribution in [0.3, 0.4) is 0 Å². The molecule has 18 heavy (non-hydrogen) atoms. The summed E-state index contributed by atoms with van der Waals surface area (Å²) in [4.78, 5) is 13.3.